The first-order valence-corrected chi connectivity index (χ1v) is 10.3. The fourth-order valence-electron chi connectivity index (χ4n) is 2.68. The fraction of sp³-hybridized carbons (Fsp3) is 0.950. The van der Waals surface area contributed by atoms with Gasteiger partial charge in [0.25, 0.3) is 6.29 Å². The summed E-state index contributed by atoms with van der Waals surface area (Å²) in [5.41, 5.74) is 0. The highest BCUT2D eigenvalue weighted by atomic mass is 16.7. The normalized spacial score (nSPS) is 12.4. The Balaban J connectivity index is 3.35. The van der Waals surface area contributed by atoms with E-state index in [1.54, 1.807) is 0 Å². The smallest absolute Gasteiger partial charge is 0.361 e. The van der Waals surface area contributed by atoms with Crippen molar-refractivity contribution in [1.29, 1.82) is 0 Å². The maximum Gasteiger partial charge on any atom is 0.361 e. The van der Waals surface area contributed by atoms with Crippen molar-refractivity contribution in [2.24, 2.45) is 0 Å². The van der Waals surface area contributed by atoms with Crippen LogP contribution in [0.2, 0.25) is 0 Å². The molecular weight excluding hydrogens is 320 g/mol. The number of aliphatic carboxylic acids is 1. The van der Waals surface area contributed by atoms with Crippen molar-refractivity contribution in [3.05, 3.63) is 0 Å². The SMILES string of the molecule is CCCCCCCCCCCCCCOC(OCCOCC)C(=O)O. The van der Waals surface area contributed by atoms with Gasteiger partial charge in [0.2, 0.25) is 0 Å². The van der Waals surface area contributed by atoms with Crippen LogP contribution in [-0.4, -0.2) is 43.8 Å². The van der Waals surface area contributed by atoms with E-state index >= 15 is 0 Å². The van der Waals surface area contributed by atoms with Gasteiger partial charge in [-0.2, -0.15) is 0 Å². The molecule has 1 unspecified atom stereocenters. The number of hydrogen-bond donors (Lipinski definition) is 1. The maximum absolute atomic E-state index is 11.0. The molecule has 0 aromatic heterocycles. The fourth-order valence-corrected chi connectivity index (χ4v) is 2.68. The topological polar surface area (TPSA) is 65.0 Å². The molecule has 0 rings (SSSR count). The van der Waals surface area contributed by atoms with Crippen LogP contribution in [0.25, 0.3) is 0 Å². The summed E-state index contributed by atoms with van der Waals surface area (Å²) >= 11 is 0. The Kier molecular flexibility index (Phi) is 19.2. The Morgan fingerprint density at radius 3 is 1.68 bits per heavy atom. The van der Waals surface area contributed by atoms with Gasteiger partial charge in [0.1, 0.15) is 0 Å². The molecule has 0 radical (unpaired) electrons. The Labute approximate surface area is 154 Å². The zero-order valence-electron chi connectivity index (χ0n) is 16.5. The van der Waals surface area contributed by atoms with Gasteiger partial charge in [-0.1, -0.05) is 77.6 Å². The number of carboxylic acids is 1. The zero-order valence-corrected chi connectivity index (χ0v) is 16.5. The summed E-state index contributed by atoms with van der Waals surface area (Å²) in [7, 11) is 0. The molecule has 0 saturated heterocycles. The molecule has 150 valence electrons. The van der Waals surface area contributed by atoms with Gasteiger partial charge in [-0.25, -0.2) is 4.79 Å². The van der Waals surface area contributed by atoms with E-state index in [1.807, 2.05) is 6.92 Å². The molecule has 0 aromatic rings. The Morgan fingerprint density at radius 1 is 0.720 bits per heavy atom. The minimum absolute atomic E-state index is 0.239. The monoisotopic (exact) mass is 360 g/mol. The van der Waals surface area contributed by atoms with E-state index in [-0.39, 0.29) is 6.61 Å². The third-order valence-corrected chi connectivity index (χ3v) is 4.17. The van der Waals surface area contributed by atoms with E-state index in [9.17, 15) is 4.79 Å². The van der Waals surface area contributed by atoms with E-state index in [1.165, 1.54) is 64.2 Å². The van der Waals surface area contributed by atoms with Crippen LogP contribution in [0.4, 0.5) is 0 Å². The number of carbonyl (C=O) groups is 1. The highest BCUT2D eigenvalue weighted by molar-refractivity contribution is 5.70. The van der Waals surface area contributed by atoms with Gasteiger partial charge in [0.15, 0.2) is 0 Å². The number of carboxylic acid groups (broad SMARTS) is 1. The highest BCUT2D eigenvalue weighted by Gasteiger charge is 2.18. The van der Waals surface area contributed by atoms with Gasteiger partial charge >= 0.3 is 5.97 Å². The van der Waals surface area contributed by atoms with Gasteiger partial charge in [-0.05, 0) is 13.3 Å². The van der Waals surface area contributed by atoms with Gasteiger partial charge in [0.05, 0.1) is 19.8 Å². The molecule has 0 spiro atoms. The summed E-state index contributed by atoms with van der Waals surface area (Å²) in [4.78, 5) is 11.0. The molecule has 0 saturated carbocycles. The highest BCUT2D eigenvalue weighted by Crippen LogP contribution is 2.12. The molecule has 25 heavy (non-hydrogen) atoms. The molecule has 5 nitrogen and oxygen atoms in total. The van der Waals surface area contributed by atoms with Gasteiger partial charge in [-0.15, -0.1) is 0 Å². The zero-order chi connectivity index (χ0) is 18.6. The first-order chi connectivity index (χ1) is 12.2. The molecule has 5 heteroatoms. The van der Waals surface area contributed by atoms with Gasteiger partial charge in [0, 0.05) is 6.61 Å². The molecular formula is C20H40O5. The summed E-state index contributed by atoms with van der Waals surface area (Å²) in [6, 6.07) is 0. The molecule has 0 bridgehead atoms. The molecule has 0 aliphatic heterocycles. The summed E-state index contributed by atoms with van der Waals surface area (Å²) in [5.74, 6) is -1.07. The lowest BCUT2D eigenvalue weighted by Crippen LogP contribution is -2.29. The molecule has 1 atom stereocenters. The predicted octanol–water partition coefficient (Wildman–Crippen LogP) is 5.17. The second kappa shape index (κ2) is 19.7. The number of hydrogen-bond acceptors (Lipinski definition) is 4. The molecule has 0 aliphatic carbocycles. The van der Waals surface area contributed by atoms with Crippen molar-refractivity contribution >= 4 is 5.97 Å². The van der Waals surface area contributed by atoms with Crippen LogP contribution in [0.3, 0.4) is 0 Å². The van der Waals surface area contributed by atoms with Crippen LogP contribution in [0, 0.1) is 0 Å². The van der Waals surface area contributed by atoms with Crippen LogP contribution in [-0.2, 0) is 19.0 Å². The lowest BCUT2D eigenvalue weighted by molar-refractivity contribution is -0.192. The largest absolute Gasteiger partial charge is 0.477 e. The van der Waals surface area contributed by atoms with E-state index in [4.69, 9.17) is 19.3 Å². The van der Waals surface area contributed by atoms with Crippen LogP contribution in [0.15, 0.2) is 0 Å². The Hall–Kier alpha value is -0.650. The third kappa shape index (κ3) is 18.0. The quantitative estimate of drug-likeness (QED) is 0.240. The maximum atomic E-state index is 11.0. The average molecular weight is 361 g/mol. The summed E-state index contributed by atoms with van der Waals surface area (Å²) in [6.07, 6.45) is 14.1. The van der Waals surface area contributed by atoms with Crippen LogP contribution in [0.5, 0.6) is 0 Å². The standard InChI is InChI=1S/C20H40O5/c1-3-5-6-7-8-9-10-11-12-13-14-15-16-24-20(19(21)22)25-18-17-23-4-2/h20H,3-18H2,1-2H3,(H,21,22). The predicted molar refractivity (Wildman–Crippen MR) is 101 cm³/mol. The van der Waals surface area contributed by atoms with Crippen molar-refractivity contribution < 1.29 is 24.1 Å². The second-order valence-electron chi connectivity index (χ2n) is 6.50. The van der Waals surface area contributed by atoms with E-state index in [0.717, 1.165) is 12.8 Å². The first kappa shape index (κ1) is 24.4. The first-order valence-electron chi connectivity index (χ1n) is 10.3. The number of ether oxygens (including phenoxy) is 3. The van der Waals surface area contributed by atoms with Crippen molar-refractivity contribution in [2.75, 3.05) is 26.4 Å². The van der Waals surface area contributed by atoms with E-state index in [0.29, 0.717) is 19.8 Å². The minimum atomic E-state index is -1.17. The molecule has 0 aromatic carbocycles. The van der Waals surface area contributed by atoms with Gasteiger partial charge in [-0.3, -0.25) is 0 Å². The third-order valence-electron chi connectivity index (χ3n) is 4.17. The average Bonchev–Trinajstić information content (AvgIpc) is 2.60. The molecule has 0 fully saturated rings. The summed E-state index contributed by atoms with van der Waals surface area (Å²) < 4.78 is 15.6. The molecule has 0 amide bonds. The number of rotatable bonds is 20. The van der Waals surface area contributed by atoms with Crippen LogP contribution >= 0.6 is 0 Å². The summed E-state index contributed by atoms with van der Waals surface area (Å²) in [6.45, 7) is 5.80. The van der Waals surface area contributed by atoms with E-state index < -0.39 is 12.3 Å². The second-order valence-corrected chi connectivity index (χ2v) is 6.50. The minimum Gasteiger partial charge on any atom is -0.477 e. The number of unbranched alkanes of at least 4 members (excludes halogenated alkanes) is 11. The van der Waals surface area contributed by atoms with Crippen molar-refractivity contribution in [1.82, 2.24) is 0 Å². The molecule has 0 heterocycles. The molecule has 1 N–H and O–H groups in total. The van der Waals surface area contributed by atoms with Crippen LogP contribution < -0.4 is 0 Å². The summed E-state index contributed by atoms with van der Waals surface area (Å²) in [5, 5.41) is 9.03. The Bertz CT molecular complexity index is 283. The van der Waals surface area contributed by atoms with Crippen LogP contribution in [0.1, 0.15) is 90.9 Å². The van der Waals surface area contributed by atoms with E-state index in [2.05, 4.69) is 6.92 Å². The van der Waals surface area contributed by atoms with Gasteiger partial charge < -0.3 is 19.3 Å². The lowest BCUT2D eigenvalue weighted by atomic mass is 10.1. The van der Waals surface area contributed by atoms with Crippen molar-refractivity contribution in [3.8, 4) is 0 Å². The van der Waals surface area contributed by atoms with Crippen molar-refractivity contribution in [2.45, 2.75) is 97.2 Å². The molecule has 0 aliphatic rings. The lowest BCUT2D eigenvalue weighted by Gasteiger charge is -2.14. The van der Waals surface area contributed by atoms with Crippen molar-refractivity contribution in [3.63, 3.8) is 0 Å². The Morgan fingerprint density at radius 2 is 1.20 bits per heavy atom.